The zero-order chi connectivity index (χ0) is 19.9. The zero-order valence-corrected chi connectivity index (χ0v) is 16.2. The highest BCUT2D eigenvalue weighted by Gasteiger charge is 2.14. The SMILES string of the molecule is COCc1cc(OC)cc(-c2n[nH]c3ccc(OC(C)CCNC=O)cc23)n1. The molecule has 0 fully saturated rings. The summed E-state index contributed by atoms with van der Waals surface area (Å²) in [6.45, 7) is 2.92. The van der Waals surface area contributed by atoms with Gasteiger partial charge in [-0.3, -0.25) is 9.89 Å². The lowest BCUT2D eigenvalue weighted by Crippen LogP contribution is -2.21. The van der Waals surface area contributed by atoms with Crippen molar-refractivity contribution in [3.63, 3.8) is 0 Å². The van der Waals surface area contributed by atoms with Gasteiger partial charge in [0.15, 0.2) is 0 Å². The van der Waals surface area contributed by atoms with Crippen molar-refractivity contribution in [1.82, 2.24) is 20.5 Å². The Hall–Kier alpha value is -3.13. The number of fused-ring (bicyclic) bond motifs is 1. The first kappa shape index (κ1) is 19.6. The lowest BCUT2D eigenvalue weighted by Gasteiger charge is -2.14. The van der Waals surface area contributed by atoms with E-state index in [-0.39, 0.29) is 6.10 Å². The summed E-state index contributed by atoms with van der Waals surface area (Å²) < 4.78 is 16.6. The highest BCUT2D eigenvalue weighted by molar-refractivity contribution is 5.93. The van der Waals surface area contributed by atoms with Crippen LogP contribution in [-0.2, 0) is 16.1 Å². The molecular weight excluding hydrogens is 360 g/mol. The summed E-state index contributed by atoms with van der Waals surface area (Å²) in [5, 5.41) is 11.0. The maximum absolute atomic E-state index is 10.4. The number of pyridine rings is 1. The van der Waals surface area contributed by atoms with Gasteiger partial charge >= 0.3 is 0 Å². The lowest BCUT2D eigenvalue weighted by molar-refractivity contribution is -0.109. The fourth-order valence-corrected chi connectivity index (χ4v) is 2.92. The number of H-pyrrole nitrogens is 1. The molecule has 2 heterocycles. The van der Waals surface area contributed by atoms with Crippen molar-refractivity contribution in [3.8, 4) is 22.9 Å². The number of hydrogen-bond acceptors (Lipinski definition) is 6. The second kappa shape index (κ2) is 9.18. The summed E-state index contributed by atoms with van der Waals surface area (Å²) in [5.41, 5.74) is 3.05. The van der Waals surface area contributed by atoms with E-state index in [2.05, 4.69) is 20.5 Å². The van der Waals surface area contributed by atoms with Gasteiger partial charge in [-0.05, 0) is 25.1 Å². The van der Waals surface area contributed by atoms with Gasteiger partial charge in [-0.2, -0.15) is 5.10 Å². The minimum atomic E-state index is -0.0384. The molecule has 1 amide bonds. The number of carbonyl (C=O) groups is 1. The smallest absolute Gasteiger partial charge is 0.207 e. The molecule has 0 saturated heterocycles. The van der Waals surface area contributed by atoms with Gasteiger partial charge in [-0.1, -0.05) is 0 Å². The highest BCUT2D eigenvalue weighted by atomic mass is 16.5. The van der Waals surface area contributed by atoms with Crippen LogP contribution >= 0.6 is 0 Å². The molecule has 1 atom stereocenters. The molecule has 2 N–H and O–H groups in total. The van der Waals surface area contributed by atoms with Gasteiger partial charge in [-0.15, -0.1) is 0 Å². The topological polar surface area (TPSA) is 98.4 Å². The van der Waals surface area contributed by atoms with E-state index >= 15 is 0 Å². The van der Waals surface area contributed by atoms with E-state index in [9.17, 15) is 4.79 Å². The number of hydrogen-bond donors (Lipinski definition) is 2. The monoisotopic (exact) mass is 384 g/mol. The summed E-state index contributed by atoms with van der Waals surface area (Å²) in [6, 6.07) is 9.44. The fraction of sp³-hybridized carbons (Fsp3) is 0.350. The van der Waals surface area contributed by atoms with Gasteiger partial charge in [0.25, 0.3) is 0 Å². The molecule has 0 radical (unpaired) electrons. The number of methoxy groups -OCH3 is 2. The number of nitrogens with zero attached hydrogens (tertiary/aromatic N) is 2. The molecule has 0 aliphatic rings. The van der Waals surface area contributed by atoms with Crippen molar-refractivity contribution in [2.45, 2.75) is 26.1 Å². The van der Waals surface area contributed by atoms with Gasteiger partial charge in [0.1, 0.15) is 17.2 Å². The number of aromatic amines is 1. The first-order chi connectivity index (χ1) is 13.6. The van der Waals surface area contributed by atoms with Crippen LogP contribution in [0.5, 0.6) is 11.5 Å². The van der Waals surface area contributed by atoms with Gasteiger partial charge in [-0.25, -0.2) is 4.98 Å². The molecule has 0 aliphatic heterocycles. The average Bonchev–Trinajstić information content (AvgIpc) is 3.11. The predicted molar refractivity (Wildman–Crippen MR) is 105 cm³/mol. The highest BCUT2D eigenvalue weighted by Crippen LogP contribution is 2.31. The Kier molecular flexibility index (Phi) is 6.44. The number of rotatable bonds is 10. The molecule has 0 spiro atoms. The predicted octanol–water partition coefficient (Wildman–Crippen LogP) is 2.68. The van der Waals surface area contributed by atoms with Crippen molar-refractivity contribution < 1.29 is 19.0 Å². The van der Waals surface area contributed by atoms with E-state index in [1.165, 1.54) is 0 Å². The minimum absolute atomic E-state index is 0.0384. The Labute approximate surface area is 163 Å². The number of ether oxygens (including phenoxy) is 3. The largest absolute Gasteiger partial charge is 0.497 e. The Bertz CT molecular complexity index is 941. The van der Waals surface area contributed by atoms with Crippen LogP contribution < -0.4 is 14.8 Å². The van der Waals surface area contributed by atoms with Crippen LogP contribution in [0.1, 0.15) is 19.0 Å². The number of amides is 1. The van der Waals surface area contributed by atoms with Crippen LogP contribution in [0.3, 0.4) is 0 Å². The molecule has 148 valence electrons. The van der Waals surface area contributed by atoms with Gasteiger partial charge in [0.2, 0.25) is 6.41 Å². The summed E-state index contributed by atoms with van der Waals surface area (Å²) >= 11 is 0. The molecule has 1 aromatic carbocycles. The third-order valence-electron chi connectivity index (χ3n) is 4.27. The van der Waals surface area contributed by atoms with Gasteiger partial charge in [0.05, 0.1) is 36.7 Å². The van der Waals surface area contributed by atoms with E-state index in [0.29, 0.717) is 43.1 Å². The third-order valence-corrected chi connectivity index (χ3v) is 4.27. The molecule has 2 aromatic heterocycles. The second-order valence-corrected chi connectivity index (χ2v) is 6.39. The Morgan fingerprint density at radius 2 is 2.07 bits per heavy atom. The first-order valence-corrected chi connectivity index (χ1v) is 9.00. The van der Waals surface area contributed by atoms with E-state index in [4.69, 9.17) is 14.2 Å². The summed E-state index contributed by atoms with van der Waals surface area (Å²) in [5.74, 6) is 1.42. The van der Waals surface area contributed by atoms with Crippen LogP contribution in [0, 0.1) is 0 Å². The molecule has 0 saturated carbocycles. The molecule has 28 heavy (non-hydrogen) atoms. The molecule has 1 unspecified atom stereocenters. The van der Waals surface area contributed by atoms with Crippen molar-refractivity contribution in [2.24, 2.45) is 0 Å². The Balaban J connectivity index is 1.90. The van der Waals surface area contributed by atoms with E-state index < -0.39 is 0 Å². The Morgan fingerprint density at radius 3 is 2.82 bits per heavy atom. The van der Waals surface area contributed by atoms with Crippen LogP contribution in [0.15, 0.2) is 30.3 Å². The van der Waals surface area contributed by atoms with E-state index in [1.807, 2.05) is 37.3 Å². The fourth-order valence-electron chi connectivity index (χ4n) is 2.92. The Morgan fingerprint density at radius 1 is 1.21 bits per heavy atom. The summed E-state index contributed by atoms with van der Waals surface area (Å²) in [4.78, 5) is 15.0. The molecular formula is C20H24N4O4. The molecule has 3 rings (SSSR count). The van der Waals surface area contributed by atoms with Crippen molar-refractivity contribution in [3.05, 3.63) is 36.0 Å². The maximum Gasteiger partial charge on any atom is 0.207 e. The maximum atomic E-state index is 10.4. The minimum Gasteiger partial charge on any atom is -0.497 e. The van der Waals surface area contributed by atoms with Crippen molar-refractivity contribution in [2.75, 3.05) is 20.8 Å². The number of nitrogens with one attached hydrogen (secondary N) is 2. The van der Waals surface area contributed by atoms with Crippen molar-refractivity contribution in [1.29, 1.82) is 0 Å². The zero-order valence-electron chi connectivity index (χ0n) is 16.2. The van der Waals surface area contributed by atoms with Gasteiger partial charge in [0, 0.05) is 37.6 Å². The second-order valence-electron chi connectivity index (χ2n) is 6.39. The average molecular weight is 384 g/mol. The summed E-state index contributed by atoms with van der Waals surface area (Å²) in [7, 11) is 3.24. The number of aromatic nitrogens is 3. The van der Waals surface area contributed by atoms with Gasteiger partial charge < -0.3 is 19.5 Å². The third kappa shape index (κ3) is 4.58. The molecule has 8 nitrogen and oxygen atoms in total. The van der Waals surface area contributed by atoms with E-state index in [0.717, 1.165) is 22.3 Å². The molecule has 0 bridgehead atoms. The molecule has 8 heteroatoms. The van der Waals surface area contributed by atoms with E-state index in [1.54, 1.807) is 14.2 Å². The lowest BCUT2D eigenvalue weighted by atomic mass is 10.1. The quantitative estimate of drug-likeness (QED) is 0.412. The number of benzene rings is 1. The normalized spacial score (nSPS) is 12.0. The van der Waals surface area contributed by atoms with Crippen LogP contribution in [0.2, 0.25) is 0 Å². The number of carbonyl (C=O) groups excluding carboxylic acids is 1. The van der Waals surface area contributed by atoms with Crippen LogP contribution in [0.4, 0.5) is 0 Å². The summed E-state index contributed by atoms with van der Waals surface area (Å²) in [6.07, 6.45) is 1.37. The first-order valence-electron chi connectivity index (χ1n) is 9.00. The molecule has 0 aliphatic carbocycles. The molecule has 3 aromatic rings. The van der Waals surface area contributed by atoms with Crippen LogP contribution in [-0.4, -0.2) is 48.5 Å². The standard InChI is InChI=1S/C20H24N4O4/c1-13(6-7-21-12-25)28-15-4-5-18-17(9-15)20(24-23-18)19-10-16(27-3)8-14(22-19)11-26-2/h4-5,8-10,12-13H,6-7,11H2,1-3H3,(H,21,25)(H,23,24). The van der Waals surface area contributed by atoms with Crippen molar-refractivity contribution >= 4 is 17.3 Å². The van der Waals surface area contributed by atoms with Crippen LogP contribution in [0.25, 0.3) is 22.3 Å².